The number of aromatic hydroxyl groups is 1. The van der Waals surface area contributed by atoms with Crippen LogP contribution in [0.3, 0.4) is 0 Å². The van der Waals surface area contributed by atoms with Crippen LogP contribution in [0.15, 0.2) is 42.5 Å². The molecule has 2 amide bonds. The highest BCUT2D eigenvalue weighted by atomic mass is 19.4. The maximum atomic E-state index is 13.6. The maximum Gasteiger partial charge on any atom is 0.417 e. The highest BCUT2D eigenvalue weighted by Crippen LogP contribution is 2.47. The van der Waals surface area contributed by atoms with Gasteiger partial charge in [0.1, 0.15) is 11.3 Å². The van der Waals surface area contributed by atoms with Gasteiger partial charge in [-0.15, -0.1) is 0 Å². The molecule has 168 valence electrons. The molecule has 0 spiro atoms. The molecule has 1 aliphatic heterocycles. The predicted octanol–water partition coefficient (Wildman–Crippen LogP) is 4.70. The van der Waals surface area contributed by atoms with E-state index in [-0.39, 0.29) is 17.5 Å². The molecule has 6 nitrogen and oxygen atoms in total. The Balaban J connectivity index is 1.85. The number of aliphatic hydroxyl groups is 1. The molecule has 2 aromatic rings. The molecule has 0 aromatic heterocycles. The summed E-state index contributed by atoms with van der Waals surface area (Å²) < 4.78 is 40.6. The lowest BCUT2D eigenvalue weighted by molar-refractivity contribution is -0.137. The lowest BCUT2D eigenvalue weighted by atomic mass is 9.87. The molecule has 1 heterocycles. The van der Waals surface area contributed by atoms with E-state index in [4.69, 9.17) is 5.26 Å². The predicted molar refractivity (Wildman–Crippen MR) is 110 cm³/mol. The van der Waals surface area contributed by atoms with E-state index in [0.29, 0.717) is 5.56 Å². The van der Waals surface area contributed by atoms with Crippen LogP contribution < -0.4 is 4.90 Å². The van der Waals surface area contributed by atoms with E-state index in [0.717, 1.165) is 42.7 Å². The molecule has 2 unspecified atom stereocenters. The number of carbonyl (C=O) groups excluding carboxylic acids is 1. The van der Waals surface area contributed by atoms with Gasteiger partial charge in [-0.05, 0) is 55.7 Å². The quantitative estimate of drug-likeness (QED) is 0.717. The van der Waals surface area contributed by atoms with Crippen molar-refractivity contribution in [3.05, 3.63) is 59.2 Å². The van der Waals surface area contributed by atoms with Gasteiger partial charge >= 0.3 is 12.2 Å². The number of amides is 2. The van der Waals surface area contributed by atoms with E-state index < -0.39 is 35.1 Å². The molecule has 32 heavy (non-hydrogen) atoms. The Morgan fingerprint density at radius 3 is 2.31 bits per heavy atom. The minimum absolute atomic E-state index is 0.0161. The van der Waals surface area contributed by atoms with E-state index >= 15 is 0 Å². The highest BCUT2D eigenvalue weighted by Gasteiger charge is 2.58. The second-order valence-electron chi connectivity index (χ2n) is 8.37. The highest BCUT2D eigenvalue weighted by molar-refractivity contribution is 5.96. The number of carbonyl (C=O) groups is 1. The fourth-order valence-corrected chi connectivity index (χ4v) is 4.85. The summed E-state index contributed by atoms with van der Waals surface area (Å²) in [6.07, 6.45) is -3.02. The monoisotopic (exact) mass is 445 g/mol. The standard InChI is InChI=1S/C23H22F3N3O3/c1-22(15-7-10-18(30)11-8-15)20(31)28(21(32)29(22)16-4-2-3-5-16)17-9-6-14(13-27)19(12-17)23(24,25)26/h6-12,16,20,30-31H,2-5H2,1H3. The number of phenols is 1. The number of hydrogen-bond acceptors (Lipinski definition) is 4. The molecule has 0 bridgehead atoms. The second kappa shape index (κ2) is 7.71. The molecule has 2 atom stereocenters. The van der Waals surface area contributed by atoms with Crippen LogP contribution in [0.1, 0.15) is 49.3 Å². The third-order valence-electron chi connectivity index (χ3n) is 6.51. The number of benzene rings is 2. The zero-order valence-corrected chi connectivity index (χ0v) is 17.3. The molecule has 1 aliphatic carbocycles. The number of anilines is 1. The van der Waals surface area contributed by atoms with E-state index in [1.807, 2.05) is 0 Å². The molecule has 1 saturated heterocycles. The number of alkyl halides is 3. The Morgan fingerprint density at radius 1 is 1.12 bits per heavy atom. The van der Waals surface area contributed by atoms with E-state index in [1.165, 1.54) is 24.3 Å². The average Bonchev–Trinajstić information content (AvgIpc) is 3.33. The Bertz CT molecular complexity index is 1070. The van der Waals surface area contributed by atoms with Crippen LogP contribution in [0.5, 0.6) is 5.75 Å². The Morgan fingerprint density at radius 2 is 1.75 bits per heavy atom. The third-order valence-corrected chi connectivity index (χ3v) is 6.51. The maximum absolute atomic E-state index is 13.6. The van der Waals surface area contributed by atoms with Crippen LogP contribution >= 0.6 is 0 Å². The SMILES string of the molecule is CC1(c2ccc(O)cc2)C(O)N(c2ccc(C#N)c(C(F)(F)F)c2)C(=O)N1C1CCCC1. The van der Waals surface area contributed by atoms with Gasteiger partial charge in [-0.2, -0.15) is 18.4 Å². The Labute approximate surface area is 183 Å². The normalized spacial score (nSPS) is 24.2. The lowest BCUT2D eigenvalue weighted by Gasteiger charge is -2.39. The summed E-state index contributed by atoms with van der Waals surface area (Å²) in [4.78, 5) is 16.1. The van der Waals surface area contributed by atoms with Crippen molar-refractivity contribution >= 4 is 11.7 Å². The minimum Gasteiger partial charge on any atom is -0.508 e. The zero-order valence-electron chi connectivity index (χ0n) is 17.3. The summed E-state index contributed by atoms with van der Waals surface area (Å²) in [6, 6.07) is 9.80. The van der Waals surface area contributed by atoms with Gasteiger partial charge in [-0.3, -0.25) is 4.90 Å². The molecule has 2 aliphatic rings. The molecule has 2 fully saturated rings. The average molecular weight is 445 g/mol. The molecule has 1 saturated carbocycles. The van der Waals surface area contributed by atoms with Crippen LogP contribution in [0.4, 0.5) is 23.7 Å². The largest absolute Gasteiger partial charge is 0.508 e. The molecule has 2 aromatic carbocycles. The Hall–Kier alpha value is -3.25. The van der Waals surface area contributed by atoms with Crippen molar-refractivity contribution in [2.24, 2.45) is 0 Å². The molecule has 2 N–H and O–H groups in total. The van der Waals surface area contributed by atoms with Gasteiger partial charge in [0.05, 0.1) is 17.2 Å². The first-order chi connectivity index (χ1) is 15.1. The second-order valence-corrected chi connectivity index (χ2v) is 8.37. The molecule has 9 heteroatoms. The fourth-order valence-electron chi connectivity index (χ4n) is 4.85. The van der Waals surface area contributed by atoms with Crippen molar-refractivity contribution in [1.29, 1.82) is 5.26 Å². The third kappa shape index (κ3) is 3.35. The molecule has 4 rings (SSSR count). The molecular formula is C23H22F3N3O3. The zero-order chi connectivity index (χ0) is 23.3. The first-order valence-corrected chi connectivity index (χ1v) is 10.3. The van der Waals surface area contributed by atoms with Crippen molar-refractivity contribution in [3.8, 4) is 11.8 Å². The summed E-state index contributed by atoms with van der Waals surface area (Å²) in [5.74, 6) is 0.0161. The smallest absolute Gasteiger partial charge is 0.417 e. The van der Waals surface area contributed by atoms with Gasteiger partial charge in [-0.25, -0.2) is 4.79 Å². The summed E-state index contributed by atoms with van der Waals surface area (Å²) in [5, 5.41) is 30.1. The van der Waals surface area contributed by atoms with Crippen molar-refractivity contribution < 1.29 is 28.2 Å². The van der Waals surface area contributed by atoms with Crippen LogP contribution in [0, 0.1) is 11.3 Å². The number of phenolic OH excluding ortho intramolecular Hbond substituents is 1. The lowest BCUT2D eigenvalue weighted by Crippen LogP contribution is -2.50. The fraction of sp³-hybridized carbons (Fsp3) is 0.391. The van der Waals surface area contributed by atoms with Crippen LogP contribution in [-0.2, 0) is 11.7 Å². The number of urea groups is 1. The van der Waals surface area contributed by atoms with Gasteiger partial charge in [0.2, 0.25) is 0 Å². The van der Waals surface area contributed by atoms with Crippen molar-refractivity contribution in [3.63, 3.8) is 0 Å². The number of hydrogen-bond donors (Lipinski definition) is 2. The van der Waals surface area contributed by atoms with Crippen LogP contribution in [-0.4, -0.2) is 33.4 Å². The van der Waals surface area contributed by atoms with Crippen molar-refractivity contribution in [2.45, 2.75) is 56.6 Å². The van der Waals surface area contributed by atoms with E-state index in [2.05, 4.69) is 0 Å². The molecule has 0 radical (unpaired) electrons. The van der Waals surface area contributed by atoms with Gasteiger partial charge in [0.15, 0.2) is 6.23 Å². The first-order valence-electron chi connectivity index (χ1n) is 10.3. The summed E-state index contributed by atoms with van der Waals surface area (Å²) in [6.45, 7) is 1.68. The van der Waals surface area contributed by atoms with Gasteiger partial charge in [0.25, 0.3) is 0 Å². The van der Waals surface area contributed by atoms with Crippen molar-refractivity contribution in [1.82, 2.24) is 4.90 Å². The minimum atomic E-state index is -4.79. The number of nitriles is 1. The summed E-state index contributed by atoms with van der Waals surface area (Å²) >= 11 is 0. The molecular weight excluding hydrogens is 423 g/mol. The first kappa shape index (κ1) is 22.0. The van der Waals surface area contributed by atoms with Crippen LogP contribution in [0.25, 0.3) is 0 Å². The summed E-state index contributed by atoms with van der Waals surface area (Å²) in [7, 11) is 0. The van der Waals surface area contributed by atoms with Gasteiger partial charge in [0, 0.05) is 11.7 Å². The summed E-state index contributed by atoms with van der Waals surface area (Å²) in [5.41, 5.74) is -2.57. The number of rotatable bonds is 3. The number of aliphatic hydroxyl groups excluding tert-OH is 1. The number of nitrogens with zero attached hydrogens (tertiary/aromatic N) is 3. The van der Waals surface area contributed by atoms with Crippen molar-refractivity contribution in [2.75, 3.05) is 4.90 Å². The van der Waals surface area contributed by atoms with Crippen LogP contribution in [0.2, 0.25) is 0 Å². The topological polar surface area (TPSA) is 87.8 Å². The van der Waals surface area contributed by atoms with E-state index in [1.54, 1.807) is 24.0 Å². The Kier molecular flexibility index (Phi) is 5.29. The number of halogens is 3. The van der Waals surface area contributed by atoms with Gasteiger partial charge in [-0.1, -0.05) is 25.0 Å². The van der Waals surface area contributed by atoms with Gasteiger partial charge < -0.3 is 15.1 Å². The van der Waals surface area contributed by atoms with E-state index in [9.17, 15) is 28.2 Å².